The van der Waals surface area contributed by atoms with Crippen molar-refractivity contribution in [3.63, 3.8) is 0 Å². The molecule has 0 saturated carbocycles. The number of hydrogen-bond donors (Lipinski definition) is 2. The van der Waals surface area contributed by atoms with Crippen molar-refractivity contribution in [3.8, 4) is 0 Å². The highest BCUT2D eigenvalue weighted by atomic mass is 16.2. The number of carbonyl (C=O) groups excluding carboxylic acids is 2. The largest absolute Gasteiger partial charge is 0.368 e. The van der Waals surface area contributed by atoms with Crippen LogP contribution in [0.2, 0.25) is 0 Å². The molecule has 0 aromatic heterocycles. The quantitative estimate of drug-likeness (QED) is 0.779. The second kappa shape index (κ2) is 7.64. The van der Waals surface area contributed by atoms with Crippen molar-refractivity contribution in [1.29, 1.82) is 0 Å². The van der Waals surface area contributed by atoms with Gasteiger partial charge in [0.05, 0.1) is 13.1 Å². The van der Waals surface area contributed by atoms with Crippen LogP contribution in [0.1, 0.15) is 0 Å². The predicted molar refractivity (Wildman–Crippen MR) is 82.2 cm³/mol. The molecule has 0 spiro atoms. The Morgan fingerprint density at radius 3 is 2.33 bits per heavy atom. The van der Waals surface area contributed by atoms with E-state index < -0.39 is 0 Å². The number of rotatable bonds is 5. The Labute approximate surface area is 125 Å². The number of likely N-dealkylation sites (N-methyl/N-ethyl adjacent to an activating group) is 1. The Balaban J connectivity index is 1.76. The van der Waals surface area contributed by atoms with Crippen LogP contribution in [0.3, 0.4) is 0 Å². The minimum absolute atomic E-state index is 0.0211. The van der Waals surface area contributed by atoms with Gasteiger partial charge in [-0.05, 0) is 19.2 Å². The van der Waals surface area contributed by atoms with E-state index in [2.05, 4.69) is 27.7 Å². The molecule has 1 saturated heterocycles. The summed E-state index contributed by atoms with van der Waals surface area (Å²) in [5, 5.41) is 5.37. The molecule has 114 valence electrons. The molecule has 2 rings (SSSR count). The van der Waals surface area contributed by atoms with E-state index >= 15 is 0 Å². The van der Waals surface area contributed by atoms with Gasteiger partial charge in [-0.15, -0.1) is 0 Å². The molecule has 2 N–H and O–H groups in total. The molecule has 1 aliphatic rings. The summed E-state index contributed by atoms with van der Waals surface area (Å²) in [7, 11) is 1.70. The fourth-order valence-electron chi connectivity index (χ4n) is 2.36. The summed E-state index contributed by atoms with van der Waals surface area (Å²) in [6.45, 7) is 3.33. The van der Waals surface area contributed by atoms with Gasteiger partial charge >= 0.3 is 0 Å². The second-order valence-electron chi connectivity index (χ2n) is 5.01. The zero-order valence-electron chi connectivity index (χ0n) is 12.3. The standard InChI is InChI=1S/C15H22N4O2/c1-16-11-14(20)17-12-15(21)19-9-7-18(8-10-19)13-5-3-2-4-6-13/h2-6,16H,7-12H2,1H3,(H,17,20). The van der Waals surface area contributed by atoms with E-state index in [1.165, 1.54) is 5.69 Å². The summed E-state index contributed by atoms with van der Waals surface area (Å²) in [4.78, 5) is 27.4. The number of nitrogens with zero attached hydrogens (tertiary/aromatic N) is 2. The predicted octanol–water partition coefficient (Wildman–Crippen LogP) is -0.329. The van der Waals surface area contributed by atoms with E-state index in [9.17, 15) is 9.59 Å². The van der Waals surface area contributed by atoms with Crippen LogP contribution >= 0.6 is 0 Å². The third-order valence-electron chi connectivity index (χ3n) is 3.53. The Morgan fingerprint density at radius 2 is 1.71 bits per heavy atom. The van der Waals surface area contributed by atoms with Crippen LogP contribution in [0.5, 0.6) is 0 Å². The van der Waals surface area contributed by atoms with Crippen molar-refractivity contribution in [2.24, 2.45) is 0 Å². The molecule has 21 heavy (non-hydrogen) atoms. The van der Waals surface area contributed by atoms with E-state index in [1.807, 2.05) is 18.2 Å². The van der Waals surface area contributed by atoms with Gasteiger partial charge in [0, 0.05) is 31.9 Å². The molecule has 1 aliphatic heterocycles. The highest BCUT2D eigenvalue weighted by Crippen LogP contribution is 2.15. The monoisotopic (exact) mass is 290 g/mol. The van der Waals surface area contributed by atoms with Gasteiger partial charge in [0.25, 0.3) is 0 Å². The van der Waals surface area contributed by atoms with Crippen molar-refractivity contribution in [1.82, 2.24) is 15.5 Å². The van der Waals surface area contributed by atoms with Gasteiger partial charge in [-0.2, -0.15) is 0 Å². The second-order valence-corrected chi connectivity index (χ2v) is 5.01. The summed E-state index contributed by atoms with van der Waals surface area (Å²) in [6.07, 6.45) is 0. The lowest BCUT2D eigenvalue weighted by Crippen LogP contribution is -2.51. The molecule has 0 bridgehead atoms. The highest BCUT2D eigenvalue weighted by Gasteiger charge is 2.21. The van der Waals surface area contributed by atoms with Crippen molar-refractivity contribution in [2.45, 2.75) is 0 Å². The van der Waals surface area contributed by atoms with Crippen LogP contribution in [-0.4, -0.2) is 63.0 Å². The third kappa shape index (κ3) is 4.46. The van der Waals surface area contributed by atoms with Crippen LogP contribution in [-0.2, 0) is 9.59 Å². The Bertz CT molecular complexity index is 470. The van der Waals surface area contributed by atoms with Crippen LogP contribution in [0.25, 0.3) is 0 Å². The number of anilines is 1. The molecule has 0 atom stereocenters. The first-order valence-electron chi connectivity index (χ1n) is 7.20. The average molecular weight is 290 g/mol. The van der Waals surface area contributed by atoms with Gasteiger partial charge in [-0.25, -0.2) is 0 Å². The molecular weight excluding hydrogens is 268 g/mol. The first-order chi connectivity index (χ1) is 10.2. The van der Waals surface area contributed by atoms with Gasteiger partial charge in [-0.3, -0.25) is 9.59 Å². The fourth-order valence-corrected chi connectivity index (χ4v) is 2.36. The van der Waals surface area contributed by atoms with Crippen LogP contribution in [0, 0.1) is 0 Å². The van der Waals surface area contributed by atoms with E-state index in [0.717, 1.165) is 13.1 Å². The number of para-hydroxylation sites is 1. The minimum Gasteiger partial charge on any atom is -0.368 e. The molecule has 1 heterocycles. The number of hydrogen-bond acceptors (Lipinski definition) is 4. The van der Waals surface area contributed by atoms with Crippen LogP contribution in [0.15, 0.2) is 30.3 Å². The van der Waals surface area contributed by atoms with E-state index in [4.69, 9.17) is 0 Å². The Morgan fingerprint density at radius 1 is 1.05 bits per heavy atom. The van der Waals surface area contributed by atoms with Gasteiger partial charge in [0.1, 0.15) is 0 Å². The molecule has 0 aliphatic carbocycles. The molecular formula is C15H22N4O2. The summed E-state index contributed by atoms with van der Waals surface area (Å²) >= 11 is 0. The number of amides is 2. The lowest BCUT2D eigenvalue weighted by Gasteiger charge is -2.36. The first-order valence-corrected chi connectivity index (χ1v) is 7.20. The molecule has 0 unspecified atom stereocenters. The summed E-state index contributed by atoms with van der Waals surface area (Å²) in [5.41, 5.74) is 1.19. The smallest absolute Gasteiger partial charge is 0.242 e. The average Bonchev–Trinajstić information content (AvgIpc) is 2.54. The topological polar surface area (TPSA) is 64.7 Å². The van der Waals surface area contributed by atoms with Crippen LogP contribution in [0.4, 0.5) is 5.69 Å². The summed E-state index contributed by atoms with van der Waals surface area (Å²) in [6, 6.07) is 10.2. The van der Waals surface area contributed by atoms with Gasteiger partial charge in [0.2, 0.25) is 11.8 Å². The SMILES string of the molecule is CNCC(=O)NCC(=O)N1CCN(c2ccccc2)CC1. The van der Waals surface area contributed by atoms with Gasteiger partial charge < -0.3 is 20.4 Å². The highest BCUT2D eigenvalue weighted by molar-refractivity contribution is 5.85. The lowest BCUT2D eigenvalue weighted by molar-refractivity contribution is -0.132. The minimum atomic E-state index is -0.159. The third-order valence-corrected chi connectivity index (χ3v) is 3.53. The van der Waals surface area contributed by atoms with E-state index in [-0.39, 0.29) is 24.9 Å². The zero-order valence-corrected chi connectivity index (χ0v) is 12.3. The van der Waals surface area contributed by atoms with Gasteiger partial charge in [-0.1, -0.05) is 18.2 Å². The van der Waals surface area contributed by atoms with Crippen molar-refractivity contribution in [2.75, 3.05) is 51.2 Å². The molecule has 6 heteroatoms. The maximum atomic E-state index is 12.0. The maximum Gasteiger partial charge on any atom is 0.242 e. The fraction of sp³-hybridized carbons (Fsp3) is 0.467. The molecule has 1 fully saturated rings. The Kier molecular flexibility index (Phi) is 5.57. The van der Waals surface area contributed by atoms with Crippen molar-refractivity contribution in [3.05, 3.63) is 30.3 Å². The number of benzene rings is 1. The van der Waals surface area contributed by atoms with E-state index in [1.54, 1.807) is 11.9 Å². The Hall–Kier alpha value is -2.08. The number of carbonyl (C=O) groups is 2. The maximum absolute atomic E-state index is 12.0. The molecule has 2 amide bonds. The lowest BCUT2D eigenvalue weighted by atomic mass is 10.2. The van der Waals surface area contributed by atoms with Crippen molar-refractivity contribution < 1.29 is 9.59 Å². The van der Waals surface area contributed by atoms with Crippen molar-refractivity contribution >= 4 is 17.5 Å². The molecule has 6 nitrogen and oxygen atoms in total. The van der Waals surface area contributed by atoms with Crippen LogP contribution < -0.4 is 15.5 Å². The molecule has 0 radical (unpaired) electrons. The zero-order chi connectivity index (χ0) is 15.1. The van der Waals surface area contributed by atoms with E-state index in [0.29, 0.717) is 13.1 Å². The number of nitrogens with one attached hydrogen (secondary N) is 2. The first kappa shape index (κ1) is 15.3. The summed E-state index contributed by atoms with van der Waals surface area (Å²) in [5.74, 6) is -0.180. The van der Waals surface area contributed by atoms with Gasteiger partial charge in [0.15, 0.2) is 0 Å². The summed E-state index contributed by atoms with van der Waals surface area (Å²) < 4.78 is 0. The molecule has 1 aromatic carbocycles. The molecule has 1 aromatic rings. The normalized spacial score (nSPS) is 14.9. The number of piperazine rings is 1.